The fraction of sp³-hybridized carbons (Fsp3) is 0.333. The Kier molecular flexibility index (Phi) is 4.13. The van der Waals surface area contributed by atoms with Crippen LogP contribution in [-0.4, -0.2) is 57.7 Å². The molecule has 2 unspecified atom stereocenters. The molecule has 0 bridgehead atoms. The normalized spacial score (nSPS) is 27.0. The number of hydrogen-bond donors (Lipinski definition) is 2. The number of hydrogen-bond acceptors (Lipinski definition) is 7. The second kappa shape index (κ2) is 6.65. The molecule has 0 amide bonds. The Balaban J connectivity index is 1.37. The van der Waals surface area contributed by atoms with E-state index >= 15 is 0 Å². The summed E-state index contributed by atoms with van der Waals surface area (Å²) in [5.41, 5.74) is 1.04. The summed E-state index contributed by atoms with van der Waals surface area (Å²) in [5.74, 6) is 0.893. The molecule has 1 aromatic carbocycles. The first-order chi connectivity index (χ1) is 13.2. The third-order valence-corrected chi connectivity index (χ3v) is 4.85. The molecule has 140 valence electrons. The van der Waals surface area contributed by atoms with Crippen LogP contribution in [0.4, 0.5) is 0 Å². The molecule has 0 aliphatic carbocycles. The molecule has 2 fully saturated rings. The number of pyridine rings is 1. The summed E-state index contributed by atoms with van der Waals surface area (Å²) in [4.78, 5) is 11.8. The summed E-state index contributed by atoms with van der Waals surface area (Å²) < 4.78 is 22.7. The van der Waals surface area contributed by atoms with Gasteiger partial charge in [0, 0.05) is 0 Å². The molecule has 2 saturated heterocycles. The SMILES string of the molecule is O[C@@H]1COC2C1OC[C@H]2Oc1nc2nc(Oc3ccccc3)c(Cl)cc2[nH]1. The zero-order valence-corrected chi connectivity index (χ0v) is 14.8. The van der Waals surface area contributed by atoms with Crippen molar-refractivity contribution in [2.45, 2.75) is 24.4 Å². The van der Waals surface area contributed by atoms with Gasteiger partial charge in [0.2, 0.25) is 5.88 Å². The zero-order chi connectivity index (χ0) is 18.4. The van der Waals surface area contributed by atoms with Crippen molar-refractivity contribution in [3.63, 3.8) is 0 Å². The first-order valence-electron chi connectivity index (χ1n) is 8.54. The molecule has 9 heteroatoms. The molecule has 8 nitrogen and oxygen atoms in total. The predicted molar refractivity (Wildman–Crippen MR) is 95.3 cm³/mol. The van der Waals surface area contributed by atoms with Crippen LogP contribution in [0.25, 0.3) is 11.2 Å². The molecule has 2 aromatic heterocycles. The average molecular weight is 390 g/mol. The van der Waals surface area contributed by atoms with E-state index in [4.69, 9.17) is 30.5 Å². The second-order valence-corrected chi connectivity index (χ2v) is 6.83. The number of ether oxygens (including phenoxy) is 4. The van der Waals surface area contributed by atoms with E-state index in [9.17, 15) is 5.11 Å². The van der Waals surface area contributed by atoms with Gasteiger partial charge in [-0.15, -0.1) is 0 Å². The molecule has 0 radical (unpaired) electrons. The van der Waals surface area contributed by atoms with Gasteiger partial charge in [-0.1, -0.05) is 29.8 Å². The lowest BCUT2D eigenvalue weighted by Gasteiger charge is -2.15. The Bertz CT molecular complexity index is 966. The maximum atomic E-state index is 9.81. The van der Waals surface area contributed by atoms with Gasteiger partial charge in [0.15, 0.2) is 11.8 Å². The summed E-state index contributed by atoms with van der Waals surface area (Å²) in [7, 11) is 0. The van der Waals surface area contributed by atoms with Crippen molar-refractivity contribution in [1.82, 2.24) is 15.0 Å². The number of nitrogens with one attached hydrogen (secondary N) is 1. The van der Waals surface area contributed by atoms with Crippen LogP contribution in [0.1, 0.15) is 0 Å². The highest BCUT2D eigenvalue weighted by atomic mass is 35.5. The van der Waals surface area contributed by atoms with Crippen LogP contribution in [0.15, 0.2) is 36.4 Å². The van der Waals surface area contributed by atoms with Crippen molar-refractivity contribution in [3.05, 3.63) is 41.4 Å². The summed E-state index contributed by atoms with van der Waals surface area (Å²) >= 11 is 6.28. The number of para-hydroxylation sites is 1. The molecular formula is C18H16ClN3O5. The fourth-order valence-electron chi connectivity index (χ4n) is 3.30. The molecule has 4 heterocycles. The number of H-pyrrole nitrogens is 1. The highest BCUT2D eigenvalue weighted by Crippen LogP contribution is 2.32. The molecular weight excluding hydrogens is 374 g/mol. The van der Waals surface area contributed by atoms with Crippen molar-refractivity contribution < 1.29 is 24.1 Å². The van der Waals surface area contributed by atoms with E-state index in [2.05, 4.69) is 15.0 Å². The molecule has 2 aliphatic rings. The summed E-state index contributed by atoms with van der Waals surface area (Å²) in [5, 5.41) is 10.2. The van der Waals surface area contributed by atoms with Gasteiger partial charge in [-0.05, 0) is 18.2 Å². The number of aliphatic hydroxyl groups is 1. The lowest BCUT2D eigenvalue weighted by atomic mass is 10.1. The maximum Gasteiger partial charge on any atom is 0.296 e. The van der Waals surface area contributed by atoms with Gasteiger partial charge < -0.3 is 29.0 Å². The van der Waals surface area contributed by atoms with Gasteiger partial charge in [-0.2, -0.15) is 9.97 Å². The molecule has 4 atom stereocenters. The van der Waals surface area contributed by atoms with Crippen LogP contribution in [-0.2, 0) is 9.47 Å². The highest BCUT2D eigenvalue weighted by molar-refractivity contribution is 6.32. The van der Waals surface area contributed by atoms with E-state index in [0.717, 1.165) is 0 Å². The van der Waals surface area contributed by atoms with Gasteiger partial charge in [0.1, 0.15) is 29.1 Å². The molecule has 0 saturated carbocycles. The smallest absolute Gasteiger partial charge is 0.296 e. The number of aliphatic hydroxyl groups excluding tert-OH is 1. The highest BCUT2D eigenvalue weighted by Gasteiger charge is 2.48. The first-order valence-corrected chi connectivity index (χ1v) is 8.92. The van der Waals surface area contributed by atoms with Gasteiger partial charge in [0.25, 0.3) is 6.01 Å². The van der Waals surface area contributed by atoms with Gasteiger partial charge in [-0.3, -0.25) is 0 Å². The van der Waals surface area contributed by atoms with E-state index in [1.54, 1.807) is 6.07 Å². The summed E-state index contributed by atoms with van der Waals surface area (Å²) in [6.45, 7) is 0.562. The zero-order valence-electron chi connectivity index (χ0n) is 14.0. The van der Waals surface area contributed by atoms with E-state index < -0.39 is 6.10 Å². The Morgan fingerprint density at radius 3 is 2.78 bits per heavy atom. The van der Waals surface area contributed by atoms with Crippen LogP contribution < -0.4 is 9.47 Å². The van der Waals surface area contributed by atoms with Crippen molar-refractivity contribution in [3.8, 4) is 17.6 Å². The quantitative estimate of drug-likeness (QED) is 0.706. The van der Waals surface area contributed by atoms with Crippen LogP contribution in [0, 0.1) is 0 Å². The third kappa shape index (κ3) is 3.10. The van der Waals surface area contributed by atoms with E-state index in [1.165, 1.54) is 0 Å². The number of nitrogens with zero attached hydrogens (tertiary/aromatic N) is 2. The number of halogens is 1. The molecule has 5 rings (SSSR count). The van der Waals surface area contributed by atoms with Crippen LogP contribution >= 0.6 is 11.6 Å². The van der Waals surface area contributed by atoms with E-state index in [-0.39, 0.29) is 36.8 Å². The molecule has 2 N–H and O–H groups in total. The Labute approximate surface area is 159 Å². The van der Waals surface area contributed by atoms with Crippen LogP contribution in [0.3, 0.4) is 0 Å². The first kappa shape index (κ1) is 16.8. The van der Waals surface area contributed by atoms with Crippen LogP contribution in [0.5, 0.6) is 17.6 Å². The summed E-state index contributed by atoms with van der Waals surface area (Å²) in [6, 6.07) is 11.2. The van der Waals surface area contributed by atoms with Crippen molar-refractivity contribution >= 4 is 22.8 Å². The predicted octanol–water partition coefficient (Wildman–Crippen LogP) is 2.31. The van der Waals surface area contributed by atoms with Crippen molar-refractivity contribution in [2.75, 3.05) is 13.2 Å². The number of rotatable bonds is 4. The van der Waals surface area contributed by atoms with Crippen molar-refractivity contribution in [1.29, 1.82) is 0 Å². The van der Waals surface area contributed by atoms with Crippen LogP contribution in [0.2, 0.25) is 5.02 Å². The Hall–Kier alpha value is -2.39. The fourth-order valence-corrected chi connectivity index (χ4v) is 3.49. The number of imidazole rings is 1. The Morgan fingerprint density at radius 1 is 1.11 bits per heavy atom. The van der Waals surface area contributed by atoms with Gasteiger partial charge in [-0.25, -0.2) is 0 Å². The Morgan fingerprint density at radius 2 is 1.93 bits per heavy atom. The monoisotopic (exact) mass is 389 g/mol. The standard InChI is InChI=1S/C18H16ClN3O5/c19-10-6-11-16(21-17(10)26-9-4-2-1-3-5-9)22-18(20-11)27-13-8-25-14-12(23)7-24-15(13)14/h1-6,12-15,23H,7-8H2,(H,20,21,22)/t12-,13-,14?,15?/m1/s1. The average Bonchev–Trinajstić information content (AvgIpc) is 3.34. The lowest BCUT2D eigenvalue weighted by Crippen LogP contribution is -2.34. The number of benzene rings is 1. The third-order valence-electron chi connectivity index (χ3n) is 4.58. The number of fused-ring (bicyclic) bond motifs is 2. The molecule has 3 aromatic rings. The minimum atomic E-state index is -0.627. The number of aromatic nitrogens is 3. The molecule has 27 heavy (non-hydrogen) atoms. The van der Waals surface area contributed by atoms with Crippen molar-refractivity contribution in [2.24, 2.45) is 0 Å². The second-order valence-electron chi connectivity index (χ2n) is 6.42. The van der Waals surface area contributed by atoms with E-state index in [1.807, 2.05) is 30.3 Å². The summed E-state index contributed by atoms with van der Waals surface area (Å²) in [6.07, 6.45) is -1.67. The lowest BCUT2D eigenvalue weighted by molar-refractivity contribution is 0.00706. The topological polar surface area (TPSA) is 98.7 Å². The minimum Gasteiger partial charge on any atom is -0.456 e. The molecule has 2 aliphatic heterocycles. The van der Waals surface area contributed by atoms with Gasteiger partial charge in [0.05, 0.1) is 18.7 Å². The number of aromatic amines is 1. The largest absolute Gasteiger partial charge is 0.456 e. The van der Waals surface area contributed by atoms with E-state index in [0.29, 0.717) is 28.5 Å². The molecule has 0 spiro atoms. The maximum absolute atomic E-state index is 9.81. The minimum absolute atomic E-state index is 0.243. The van der Waals surface area contributed by atoms with Gasteiger partial charge >= 0.3 is 0 Å².